The Balaban J connectivity index is 1.47. The molecule has 0 N–H and O–H groups in total. The third kappa shape index (κ3) is 4.06. The number of hydrogen-bond acceptors (Lipinski definition) is 4. The smallest absolute Gasteiger partial charge is 0.165 e. The van der Waals surface area contributed by atoms with Crippen molar-refractivity contribution in [3.05, 3.63) is 53.3 Å². The Labute approximate surface area is 201 Å². The minimum Gasteiger partial charge on any atom is -0.530 e. The fourth-order valence-corrected chi connectivity index (χ4v) is 6.43. The Hall–Kier alpha value is -2.60. The van der Waals surface area contributed by atoms with Crippen molar-refractivity contribution in [1.29, 1.82) is 0 Å². The van der Waals surface area contributed by atoms with E-state index in [1.165, 1.54) is 6.07 Å². The summed E-state index contributed by atoms with van der Waals surface area (Å²) in [7, 11) is 0. The number of rotatable bonds is 6. The van der Waals surface area contributed by atoms with Gasteiger partial charge in [-0.2, -0.15) is 0 Å². The number of hydrogen-bond donors (Lipinski definition) is 0. The minimum atomic E-state index is -1.07. The van der Waals surface area contributed by atoms with Gasteiger partial charge in [0, 0.05) is 12.6 Å². The van der Waals surface area contributed by atoms with Crippen LogP contribution in [0.2, 0.25) is 0 Å². The molecular weight excluding hydrogens is 431 g/mol. The molecule has 34 heavy (non-hydrogen) atoms. The molecule has 6 rings (SSSR count). The number of amides is 1. The van der Waals surface area contributed by atoms with Crippen LogP contribution >= 0.6 is 0 Å². The van der Waals surface area contributed by atoms with Crippen molar-refractivity contribution in [2.75, 3.05) is 26.2 Å². The van der Waals surface area contributed by atoms with Gasteiger partial charge in [-0.1, -0.05) is 45.0 Å². The third-order valence-corrected chi connectivity index (χ3v) is 8.02. The first kappa shape index (κ1) is 23.2. The molecule has 3 saturated heterocycles. The molecular formula is C28H34FN2O3-. The van der Waals surface area contributed by atoms with E-state index in [1.807, 2.05) is 25.1 Å². The summed E-state index contributed by atoms with van der Waals surface area (Å²) in [4.78, 5) is 16.6. The zero-order valence-corrected chi connectivity index (χ0v) is 20.4. The molecule has 1 aliphatic carbocycles. The molecule has 0 unspecified atom stereocenters. The summed E-state index contributed by atoms with van der Waals surface area (Å²) >= 11 is 0. The Morgan fingerprint density at radius 1 is 1.18 bits per heavy atom. The number of ether oxygens (including phenoxy) is 1. The lowest BCUT2D eigenvalue weighted by molar-refractivity contribution is -0.276. The summed E-state index contributed by atoms with van der Waals surface area (Å²) in [6.07, 6.45) is 2.63. The fraction of sp³-hybridized carbons (Fsp3) is 0.536. The second-order valence-corrected chi connectivity index (χ2v) is 10.9. The normalized spacial score (nSPS) is 26.8. The first-order valence-electron chi connectivity index (χ1n) is 12.6. The lowest BCUT2D eigenvalue weighted by Gasteiger charge is -2.53. The monoisotopic (exact) mass is 465 g/mol. The van der Waals surface area contributed by atoms with Crippen molar-refractivity contribution in [3.8, 4) is 16.9 Å². The largest absolute Gasteiger partial charge is 0.530 e. The summed E-state index contributed by atoms with van der Waals surface area (Å²) in [5, 5.41) is 12.5. The predicted octanol–water partition coefficient (Wildman–Crippen LogP) is 4.64. The van der Waals surface area contributed by atoms with Crippen LogP contribution in [-0.4, -0.2) is 48.2 Å². The number of halogens is 1. The number of carbonyl (C=O) groups excluding carboxylic acids is 1. The highest BCUT2D eigenvalue weighted by atomic mass is 19.1. The third-order valence-electron chi connectivity index (χ3n) is 8.02. The number of piperidine rings is 3. The molecule has 4 aliphatic rings. The maximum absolute atomic E-state index is 14.6. The first-order chi connectivity index (χ1) is 16.3. The molecule has 0 aromatic heterocycles. The molecule has 2 atom stereocenters. The van der Waals surface area contributed by atoms with Gasteiger partial charge < -0.3 is 24.4 Å². The van der Waals surface area contributed by atoms with Crippen molar-refractivity contribution in [1.82, 2.24) is 9.80 Å². The van der Waals surface area contributed by atoms with Crippen LogP contribution in [0.25, 0.3) is 11.1 Å². The van der Waals surface area contributed by atoms with Gasteiger partial charge in [-0.25, -0.2) is 4.39 Å². The van der Waals surface area contributed by atoms with Crippen molar-refractivity contribution in [2.45, 2.75) is 58.5 Å². The van der Waals surface area contributed by atoms with E-state index in [0.29, 0.717) is 12.5 Å². The van der Waals surface area contributed by atoms with Crippen LogP contribution in [0, 0.1) is 17.2 Å². The van der Waals surface area contributed by atoms with E-state index in [-0.39, 0.29) is 29.1 Å². The Morgan fingerprint density at radius 3 is 2.50 bits per heavy atom. The quantitative estimate of drug-likeness (QED) is 0.624. The van der Waals surface area contributed by atoms with Gasteiger partial charge >= 0.3 is 0 Å². The second kappa shape index (κ2) is 8.88. The molecule has 0 saturated carbocycles. The molecule has 0 radical (unpaired) electrons. The number of nitrogens with zero attached hydrogens (tertiary/aromatic N) is 2. The van der Waals surface area contributed by atoms with Gasteiger partial charge in [-0.05, 0) is 84.5 Å². The van der Waals surface area contributed by atoms with Crippen LogP contribution in [0.15, 0.2) is 36.4 Å². The van der Waals surface area contributed by atoms with Gasteiger partial charge in [0.1, 0.15) is 6.09 Å². The lowest BCUT2D eigenvalue weighted by Crippen LogP contribution is -2.62. The zero-order chi connectivity index (χ0) is 24.0. The van der Waals surface area contributed by atoms with E-state index in [2.05, 4.69) is 24.8 Å². The van der Waals surface area contributed by atoms with Crippen LogP contribution in [-0.2, 0) is 6.42 Å². The van der Waals surface area contributed by atoms with E-state index in [4.69, 9.17) is 4.74 Å². The van der Waals surface area contributed by atoms with Crippen LogP contribution in [0.1, 0.15) is 57.2 Å². The molecule has 1 amide bonds. The fourth-order valence-electron chi connectivity index (χ4n) is 6.43. The van der Waals surface area contributed by atoms with Crippen molar-refractivity contribution in [2.24, 2.45) is 11.3 Å². The van der Waals surface area contributed by atoms with Gasteiger partial charge in [0.2, 0.25) is 0 Å². The number of carboxylic acid groups (broad SMARTS) is 1. The van der Waals surface area contributed by atoms with Gasteiger partial charge in [0.25, 0.3) is 0 Å². The summed E-state index contributed by atoms with van der Waals surface area (Å²) < 4.78 is 20.1. The second-order valence-electron chi connectivity index (χ2n) is 10.9. The Kier molecular flexibility index (Phi) is 6.05. The SMILES string of the molecule is CCCOc1ccc(-c2ccc3c(c2)CC(C)(C)[C@H]3N(C(=O)[O-])[C@@H]2CN3CCC2CC3)cc1F. The number of benzene rings is 2. The van der Waals surface area contributed by atoms with E-state index in [1.54, 1.807) is 11.0 Å². The van der Waals surface area contributed by atoms with Crippen molar-refractivity contribution in [3.63, 3.8) is 0 Å². The van der Waals surface area contributed by atoms with Gasteiger partial charge in [0.05, 0.1) is 12.6 Å². The molecule has 2 bridgehead atoms. The summed E-state index contributed by atoms with van der Waals surface area (Å²) in [6, 6.07) is 11.0. The first-order valence-corrected chi connectivity index (χ1v) is 12.6. The molecule has 0 spiro atoms. The maximum atomic E-state index is 14.6. The van der Waals surface area contributed by atoms with Crippen LogP contribution in [0.5, 0.6) is 5.75 Å². The van der Waals surface area contributed by atoms with E-state index in [0.717, 1.165) is 67.6 Å². The van der Waals surface area contributed by atoms with E-state index >= 15 is 0 Å². The van der Waals surface area contributed by atoms with Gasteiger partial charge in [-0.3, -0.25) is 0 Å². The molecule has 2 aromatic carbocycles. The molecule has 6 heteroatoms. The van der Waals surface area contributed by atoms with E-state index < -0.39 is 6.09 Å². The highest BCUT2D eigenvalue weighted by molar-refractivity contribution is 5.69. The molecule has 182 valence electrons. The summed E-state index contributed by atoms with van der Waals surface area (Å²) in [6.45, 7) is 9.69. The molecule has 3 fully saturated rings. The average molecular weight is 466 g/mol. The summed E-state index contributed by atoms with van der Waals surface area (Å²) in [5.74, 6) is 0.309. The molecule has 3 heterocycles. The summed E-state index contributed by atoms with van der Waals surface area (Å²) in [5.41, 5.74) is 3.65. The van der Waals surface area contributed by atoms with Crippen molar-refractivity contribution >= 4 is 6.09 Å². The van der Waals surface area contributed by atoms with Crippen molar-refractivity contribution < 1.29 is 19.0 Å². The number of fused-ring (bicyclic) bond motifs is 4. The van der Waals surface area contributed by atoms with Gasteiger partial charge in [0.15, 0.2) is 11.6 Å². The average Bonchev–Trinajstić information content (AvgIpc) is 3.08. The van der Waals surface area contributed by atoms with Crippen LogP contribution < -0.4 is 9.84 Å². The lowest BCUT2D eigenvalue weighted by atomic mass is 9.79. The highest BCUT2D eigenvalue weighted by Gasteiger charge is 2.48. The topological polar surface area (TPSA) is 55.8 Å². The van der Waals surface area contributed by atoms with Crippen LogP contribution in [0.4, 0.5) is 9.18 Å². The maximum Gasteiger partial charge on any atom is 0.165 e. The minimum absolute atomic E-state index is 0.0211. The molecule has 3 aliphatic heterocycles. The zero-order valence-electron chi connectivity index (χ0n) is 20.4. The Morgan fingerprint density at radius 2 is 1.88 bits per heavy atom. The van der Waals surface area contributed by atoms with Gasteiger partial charge in [-0.15, -0.1) is 0 Å². The molecule has 5 nitrogen and oxygen atoms in total. The Bertz CT molecular complexity index is 1080. The number of carbonyl (C=O) groups is 1. The molecule has 2 aromatic rings. The highest BCUT2D eigenvalue weighted by Crippen LogP contribution is 2.51. The van der Waals surface area contributed by atoms with E-state index in [9.17, 15) is 14.3 Å². The predicted molar refractivity (Wildman–Crippen MR) is 128 cm³/mol. The van der Waals surface area contributed by atoms with Crippen LogP contribution in [0.3, 0.4) is 0 Å². The standard InChI is InChI=1S/C28H35FN2O3/c1-4-13-34-25-8-6-20(15-23(25)29)19-5-7-22-21(14-19)16-28(2,3)26(22)31(27(32)33)24-17-30-11-9-18(24)10-12-30/h5-8,14-15,18,24,26H,4,9-13,16-17H2,1-3H3,(H,32,33)/p-1/t24-,26+/m1/s1.